The number of halogens is 2. The molecule has 0 bridgehead atoms. The van der Waals surface area contributed by atoms with Gasteiger partial charge in [-0.2, -0.15) is 0 Å². The first kappa shape index (κ1) is 19.3. The molecule has 1 atom stereocenters. The second kappa shape index (κ2) is 8.47. The van der Waals surface area contributed by atoms with Gasteiger partial charge in [0.25, 0.3) is 0 Å². The zero-order chi connectivity index (χ0) is 19.3. The number of carbonyl (C=O) groups excluding carboxylic acids is 1. The summed E-state index contributed by atoms with van der Waals surface area (Å²) in [5.41, 5.74) is 2.65. The molecule has 0 radical (unpaired) electrons. The lowest BCUT2D eigenvalue weighted by atomic mass is 9.89. The molecule has 1 aromatic heterocycles. The minimum absolute atomic E-state index is 0.180. The first-order valence-electron chi connectivity index (χ1n) is 8.51. The summed E-state index contributed by atoms with van der Waals surface area (Å²) in [5, 5.41) is 16.0. The molecule has 0 unspecified atom stereocenters. The Balaban J connectivity index is 1.73. The fourth-order valence-electron chi connectivity index (χ4n) is 3.14. The van der Waals surface area contributed by atoms with Crippen LogP contribution in [-0.2, 0) is 11.2 Å². The monoisotopic (exact) mass is 390 g/mol. The van der Waals surface area contributed by atoms with E-state index < -0.39 is 11.7 Å². The first-order chi connectivity index (χ1) is 13.0. The molecule has 2 heterocycles. The van der Waals surface area contributed by atoms with Crippen molar-refractivity contribution >= 4 is 29.4 Å². The van der Waals surface area contributed by atoms with Crippen molar-refractivity contribution in [1.82, 2.24) is 15.8 Å². The van der Waals surface area contributed by atoms with Gasteiger partial charge in [-0.25, -0.2) is 14.9 Å². The maximum absolute atomic E-state index is 13.5. The molecule has 27 heavy (non-hydrogen) atoms. The van der Waals surface area contributed by atoms with Crippen molar-refractivity contribution < 1.29 is 14.4 Å². The van der Waals surface area contributed by atoms with Crippen LogP contribution >= 0.6 is 11.6 Å². The molecule has 0 spiro atoms. The van der Waals surface area contributed by atoms with Gasteiger partial charge in [-0.15, -0.1) is 0 Å². The summed E-state index contributed by atoms with van der Waals surface area (Å²) in [5.74, 6) is -1.63. The first-order valence-corrected chi connectivity index (χ1v) is 8.88. The third-order valence-electron chi connectivity index (χ3n) is 4.49. The van der Waals surface area contributed by atoms with E-state index in [1.54, 1.807) is 12.1 Å². The number of hydroxylamine groups is 1. The maximum atomic E-state index is 13.5. The van der Waals surface area contributed by atoms with Gasteiger partial charge >= 0.3 is 5.91 Å². The number of hydrogen-bond acceptors (Lipinski definition) is 5. The molecule has 0 aliphatic carbocycles. The molecule has 1 aliphatic heterocycles. The Kier molecular flexibility index (Phi) is 6.05. The number of aromatic nitrogens is 1. The van der Waals surface area contributed by atoms with Crippen LogP contribution in [0.25, 0.3) is 6.08 Å². The molecule has 8 heteroatoms. The van der Waals surface area contributed by atoms with Gasteiger partial charge in [-0.05, 0) is 60.9 Å². The van der Waals surface area contributed by atoms with Crippen LogP contribution in [-0.4, -0.2) is 34.7 Å². The standard InChI is InChI=1S/C19H20ClFN4O2/c20-15-4-1-13(2-5-15)10-19(7-8-22-12-19)24-17-6-3-14(11-23-17)9-16(21)18(26)25-27/h1-6,9,11,22,27H,7-8,10,12H2,(H,23,24)(H,25,26)/b16-9-/t19-/m0/s1. The number of rotatable bonds is 6. The highest BCUT2D eigenvalue weighted by Gasteiger charge is 2.34. The lowest BCUT2D eigenvalue weighted by molar-refractivity contribution is -0.126. The second-order valence-corrected chi connectivity index (χ2v) is 6.98. The number of hydrogen-bond donors (Lipinski definition) is 4. The van der Waals surface area contributed by atoms with Gasteiger partial charge in [0.1, 0.15) is 5.82 Å². The van der Waals surface area contributed by atoms with E-state index in [0.29, 0.717) is 16.4 Å². The van der Waals surface area contributed by atoms with Crippen molar-refractivity contribution in [2.75, 3.05) is 18.4 Å². The summed E-state index contributed by atoms with van der Waals surface area (Å²) in [7, 11) is 0. The second-order valence-electron chi connectivity index (χ2n) is 6.55. The van der Waals surface area contributed by atoms with Gasteiger partial charge in [0.2, 0.25) is 0 Å². The molecule has 1 aromatic carbocycles. The van der Waals surface area contributed by atoms with E-state index in [9.17, 15) is 9.18 Å². The average molecular weight is 391 g/mol. The van der Waals surface area contributed by atoms with E-state index in [1.807, 2.05) is 24.3 Å². The number of carbonyl (C=O) groups is 1. The van der Waals surface area contributed by atoms with E-state index in [4.69, 9.17) is 16.8 Å². The summed E-state index contributed by atoms with van der Waals surface area (Å²) >= 11 is 5.96. The molecular weight excluding hydrogens is 371 g/mol. The minimum atomic E-state index is -1.20. The van der Waals surface area contributed by atoms with Crippen molar-refractivity contribution in [2.24, 2.45) is 0 Å². The summed E-state index contributed by atoms with van der Waals surface area (Å²) < 4.78 is 13.5. The fourth-order valence-corrected chi connectivity index (χ4v) is 3.27. The smallest absolute Gasteiger partial charge is 0.303 e. The molecule has 1 amide bonds. The van der Waals surface area contributed by atoms with E-state index in [0.717, 1.165) is 32.0 Å². The third kappa shape index (κ3) is 5.03. The number of benzene rings is 1. The van der Waals surface area contributed by atoms with Crippen LogP contribution in [0.3, 0.4) is 0 Å². The van der Waals surface area contributed by atoms with Gasteiger partial charge in [-0.1, -0.05) is 23.7 Å². The predicted octanol–water partition coefficient (Wildman–Crippen LogP) is 2.94. The van der Waals surface area contributed by atoms with E-state index in [2.05, 4.69) is 15.6 Å². The number of nitrogens with zero attached hydrogens (tertiary/aromatic N) is 1. The minimum Gasteiger partial charge on any atom is -0.363 e. The molecule has 1 fully saturated rings. The van der Waals surface area contributed by atoms with Crippen molar-refractivity contribution in [2.45, 2.75) is 18.4 Å². The van der Waals surface area contributed by atoms with E-state index in [-0.39, 0.29) is 5.54 Å². The number of pyridine rings is 1. The highest BCUT2D eigenvalue weighted by atomic mass is 35.5. The van der Waals surface area contributed by atoms with Crippen LogP contribution in [0.5, 0.6) is 0 Å². The van der Waals surface area contributed by atoms with Crippen LogP contribution in [0.4, 0.5) is 10.2 Å². The summed E-state index contributed by atoms with van der Waals surface area (Å²) in [6.45, 7) is 1.70. The van der Waals surface area contributed by atoms with Gasteiger partial charge in [0, 0.05) is 17.8 Å². The molecular formula is C19H20ClFN4O2. The number of nitrogens with one attached hydrogen (secondary N) is 3. The maximum Gasteiger partial charge on any atom is 0.303 e. The lowest BCUT2D eigenvalue weighted by Crippen LogP contribution is -2.43. The van der Waals surface area contributed by atoms with Crippen LogP contribution < -0.4 is 16.1 Å². The van der Waals surface area contributed by atoms with Gasteiger partial charge in [0.05, 0.1) is 5.54 Å². The summed E-state index contributed by atoms with van der Waals surface area (Å²) in [6, 6.07) is 11.2. The van der Waals surface area contributed by atoms with E-state index in [1.165, 1.54) is 17.2 Å². The molecule has 2 aromatic rings. The van der Waals surface area contributed by atoms with Crippen LogP contribution in [0, 0.1) is 0 Å². The Labute approximate surface area is 161 Å². The molecule has 6 nitrogen and oxygen atoms in total. The summed E-state index contributed by atoms with van der Waals surface area (Å²) in [4.78, 5) is 15.3. The average Bonchev–Trinajstić information content (AvgIpc) is 3.12. The topological polar surface area (TPSA) is 86.3 Å². The quantitative estimate of drug-likeness (QED) is 0.346. The fraction of sp³-hybridized carbons (Fsp3) is 0.263. The Morgan fingerprint density at radius 2 is 2.11 bits per heavy atom. The highest BCUT2D eigenvalue weighted by Crippen LogP contribution is 2.26. The number of anilines is 1. The number of amides is 1. The predicted molar refractivity (Wildman–Crippen MR) is 102 cm³/mol. The Morgan fingerprint density at radius 1 is 1.33 bits per heavy atom. The molecule has 1 saturated heterocycles. The Bertz CT molecular complexity index is 819. The third-order valence-corrected chi connectivity index (χ3v) is 4.74. The van der Waals surface area contributed by atoms with Crippen molar-refractivity contribution in [3.05, 3.63) is 64.6 Å². The zero-order valence-corrected chi connectivity index (χ0v) is 15.3. The molecule has 142 valence electrons. The largest absolute Gasteiger partial charge is 0.363 e. The molecule has 3 rings (SSSR count). The van der Waals surface area contributed by atoms with Crippen LogP contribution in [0.1, 0.15) is 17.5 Å². The summed E-state index contributed by atoms with van der Waals surface area (Å²) in [6.07, 6.45) is 4.21. The van der Waals surface area contributed by atoms with Crippen LogP contribution in [0.15, 0.2) is 48.4 Å². The zero-order valence-electron chi connectivity index (χ0n) is 14.5. The van der Waals surface area contributed by atoms with Crippen LogP contribution in [0.2, 0.25) is 5.02 Å². The SMILES string of the molecule is O=C(NO)/C(F)=C/c1ccc(N[C@]2(Cc3ccc(Cl)cc3)CCNC2)nc1. The highest BCUT2D eigenvalue weighted by molar-refractivity contribution is 6.30. The van der Waals surface area contributed by atoms with E-state index >= 15 is 0 Å². The van der Waals surface area contributed by atoms with Crippen molar-refractivity contribution in [1.29, 1.82) is 0 Å². The van der Waals surface area contributed by atoms with Gasteiger partial charge in [0.15, 0.2) is 5.83 Å². The lowest BCUT2D eigenvalue weighted by Gasteiger charge is -2.30. The molecule has 0 saturated carbocycles. The normalized spacial score (nSPS) is 19.7. The van der Waals surface area contributed by atoms with Gasteiger partial charge < -0.3 is 10.6 Å². The Morgan fingerprint density at radius 3 is 2.70 bits per heavy atom. The Hall–Kier alpha value is -2.48. The van der Waals surface area contributed by atoms with Crippen molar-refractivity contribution in [3.8, 4) is 0 Å². The van der Waals surface area contributed by atoms with Crippen molar-refractivity contribution in [3.63, 3.8) is 0 Å². The molecule has 1 aliphatic rings. The van der Waals surface area contributed by atoms with Gasteiger partial charge in [-0.3, -0.25) is 10.0 Å². The molecule has 4 N–H and O–H groups in total.